The van der Waals surface area contributed by atoms with Crippen LogP contribution in [0.5, 0.6) is 0 Å². The van der Waals surface area contributed by atoms with Gasteiger partial charge in [0.15, 0.2) is 28.4 Å². The number of hydrogen-bond donors (Lipinski definition) is 6. The van der Waals surface area contributed by atoms with Crippen molar-refractivity contribution in [2.75, 3.05) is 17.6 Å². The van der Waals surface area contributed by atoms with E-state index in [9.17, 15) is 24.6 Å². The Balaban J connectivity index is 1.81. The van der Waals surface area contributed by atoms with Crippen LogP contribution in [0, 0.1) is 0 Å². The summed E-state index contributed by atoms with van der Waals surface area (Å²) in [4.78, 5) is 47.7. The molecule has 14 nitrogen and oxygen atoms in total. The van der Waals surface area contributed by atoms with Crippen molar-refractivity contribution < 1.29 is 39.5 Å². The van der Waals surface area contributed by atoms with Crippen LogP contribution >= 0.6 is 11.8 Å². The van der Waals surface area contributed by atoms with Gasteiger partial charge in [0, 0.05) is 18.4 Å². The van der Waals surface area contributed by atoms with Crippen molar-refractivity contribution in [3.05, 3.63) is 18.5 Å². The Morgan fingerprint density at radius 3 is 2.61 bits per heavy atom. The molecule has 0 bridgehead atoms. The first kappa shape index (κ1) is 29.3. The SMILES string of the molecule is CCCCNc1nc(SCCC)nc2c1ncn2[C@@H]1O[C@H](/C=C/C(=O)N[C@@H](CC(=O)O)C(=O)O)[C@@H](O)[C@H]1O. The summed E-state index contributed by atoms with van der Waals surface area (Å²) >= 11 is 1.48. The standard InChI is InChI=1S/C23H32N6O8S/c1-3-5-8-24-19-16-20(28-23(27-19)38-9-4-2)29(11-25-16)21-18(34)17(33)13(37-21)6-7-14(30)26-12(22(35)36)10-15(31)32/h6-7,11-13,17-18,21,33-34H,3-5,8-10H2,1-2H3,(H,26,30)(H,31,32)(H,35,36)(H,24,27,28)/b7-6+/t12-,13+,17+,18+,21+/m0/s1. The second-order valence-corrected chi connectivity index (χ2v) is 9.70. The molecule has 2 aromatic heterocycles. The monoisotopic (exact) mass is 552 g/mol. The van der Waals surface area contributed by atoms with Gasteiger partial charge in [0.1, 0.15) is 24.4 Å². The number of aliphatic hydroxyl groups excluding tert-OH is 2. The highest BCUT2D eigenvalue weighted by molar-refractivity contribution is 7.99. The van der Waals surface area contributed by atoms with E-state index < -0.39 is 54.8 Å². The number of nitrogens with one attached hydrogen (secondary N) is 2. The highest BCUT2D eigenvalue weighted by Gasteiger charge is 2.43. The molecule has 5 atom stereocenters. The quantitative estimate of drug-likeness (QED) is 0.0828. The number of hydrogen-bond acceptors (Lipinski definition) is 11. The summed E-state index contributed by atoms with van der Waals surface area (Å²) in [6, 6.07) is -1.63. The number of carbonyl (C=O) groups excluding carboxylic acids is 1. The molecule has 3 heterocycles. The van der Waals surface area contributed by atoms with Gasteiger partial charge in [0.25, 0.3) is 0 Å². The molecule has 0 saturated carbocycles. The average molecular weight is 553 g/mol. The molecule has 1 aliphatic rings. The molecular formula is C23H32N6O8S. The molecular weight excluding hydrogens is 520 g/mol. The average Bonchev–Trinajstić information content (AvgIpc) is 3.41. The number of aliphatic hydroxyl groups is 2. The summed E-state index contributed by atoms with van der Waals surface area (Å²) in [5.74, 6) is -2.43. The number of unbranched alkanes of at least 4 members (excludes halogenated alkanes) is 1. The van der Waals surface area contributed by atoms with Gasteiger partial charge in [-0.25, -0.2) is 19.7 Å². The highest BCUT2D eigenvalue weighted by atomic mass is 32.2. The summed E-state index contributed by atoms with van der Waals surface area (Å²) in [6.45, 7) is 4.81. The number of ether oxygens (including phenoxy) is 1. The molecule has 0 unspecified atom stereocenters. The molecule has 38 heavy (non-hydrogen) atoms. The minimum atomic E-state index is -1.63. The van der Waals surface area contributed by atoms with Crippen molar-refractivity contribution in [2.24, 2.45) is 0 Å². The Bertz CT molecular complexity index is 1170. The van der Waals surface area contributed by atoms with Crippen molar-refractivity contribution in [2.45, 2.75) is 75.3 Å². The van der Waals surface area contributed by atoms with Crippen LogP contribution in [0.3, 0.4) is 0 Å². The first-order valence-corrected chi connectivity index (χ1v) is 13.2. The van der Waals surface area contributed by atoms with Crippen LogP contribution < -0.4 is 10.6 Å². The summed E-state index contributed by atoms with van der Waals surface area (Å²) in [6.07, 6.45) is 0.529. The van der Waals surface area contributed by atoms with Gasteiger partial charge in [-0.15, -0.1) is 0 Å². The maximum absolute atomic E-state index is 12.1. The fourth-order valence-corrected chi connectivity index (χ4v) is 4.39. The molecule has 2 aromatic rings. The number of thioether (sulfide) groups is 1. The minimum Gasteiger partial charge on any atom is -0.481 e. The van der Waals surface area contributed by atoms with Crippen molar-refractivity contribution in [3.63, 3.8) is 0 Å². The van der Waals surface area contributed by atoms with E-state index in [2.05, 4.69) is 32.5 Å². The maximum Gasteiger partial charge on any atom is 0.326 e. The van der Waals surface area contributed by atoms with E-state index in [4.69, 9.17) is 14.9 Å². The Kier molecular flexibility index (Phi) is 10.4. The molecule has 208 valence electrons. The molecule has 1 aliphatic heterocycles. The van der Waals surface area contributed by atoms with Crippen molar-refractivity contribution in [3.8, 4) is 0 Å². The van der Waals surface area contributed by atoms with E-state index >= 15 is 0 Å². The fraction of sp³-hybridized carbons (Fsp3) is 0.565. The van der Waals surface area contributed by atoms with Gasteiger partial charge in [-0.05, 0) is 18.9 Å². The van der Waals surface area contributed by atoms with E-state index in [0.717, 1.165) is 37.2 Å². The Labute approximate surface area is 222 Å². The van der Waals surface area contributed by atoms with Gasteiger partial charge in [-0.1, -0.05) is 32.0 Å². The number of imidazole rings is 1. The minimum absolute atomic E-state index is 0.397. The van der Waals surface area contributed by atoms with Gasteiger partial charge < -0.3 is 35.8 Å². The van der Waals surface area contributed by atoms with E-state index in [1.165, 1.54) is 22.7 Å². The number of fused-ring (bicyclic) bond motifs is 1. The zero-order valence-electron chi connectivity index (χ0n) is 21.0. The lowest BCUT2D eigenvalue weighted by molar-refractivity contribution is -0.146. The molecule has 1 saturated heterocycles. The second kappa shape index (κ2) is 13.5. The second-order valence-electron chi connectivity index (χ2n) is 8.64. The van der Waals surface area contributed by atoms with E-state index in [0.29, 0.717) is 28.7 Å². The summed E-state index contributed by atoms with van der Waals surface area (Å²) in [5.41, 5.74) is 0.873. The third-order valence-electron chi connectivity index (χ3n) is 5.64. The van der Waals surface area contributed by atoms with Crippen LogP contribution in [-0.2, 0) is 19.1 Å². The number of carboxylic acids is 2. The predicted molar refractivity (Wildman–Crippen MR) is 137 cm³/mol. The molecule has 0 aliphatic carbocycles. The van der Waals surface area contributed by atoms with Crippen molar-refractivity contribution in [1.29, 1.82) is 0 Å². The molecule has 6 N–H and O–H groups in total. The van der Waals surface area contributed by atoms with Gasteiger partial charge >= 0.3 is 11.9 Å². The molecule has 15 heteroatoms. The van der Waals surface area contributed by atoms with Gasteiger partial charge in [-0.2, -0.15) is 0 Å². The zero-order valence-corrected chi connectivity index (χ0v) is 21.8. The van der Waals surface area contributed by atoms with Crippen LogP contribution in [0.15, 0.2) is 23.6 Å². The largest absolute Gasteiger partial charge is 0.481 e. The third kappa shape index (κ3) is 7.18. The summed E-state index contributed by atoms with van der Waals surface area (Å²) < 4.78 is 7.32. The fourth-order valence-electron chi connectivity index (χ4n) is 3.70. The van der Waals surface area contributed by atoms with Gasteiger partial charge in [0.2, 0.25) is 5.91 Å². The van der Waals surface area contributed by atoms with Crippen LogP contribution in [0.4, 0.5) is 5.82 Å². The number of anilines is 1. The first-order valence-electron chi connectivity index (χ1n) is 12.2. The lowest BCUT2D eigenvalue weighted by Gasteiger charge is -2.17. The first-order chi connectivity index (χ1) is 18.2. The lowest BCUT2D eigenvalue weighted by atomic mass is 10.1. The van der Waals surface area contributed by atoms with Crippen LogP contribution in [0.2, 0.25) is 0 Å². The number of carboxylic acid groups (broad SMARTS) is 2. The van der Waals surface area contributed by atoms with Crippen LogP contribution in [0.1, 0.15) is 45.8 Å². The molecule has 3 rings (SSSR count). The molecule has 0 spiro atoms. The predicted octanol–water partition coefficient (Wildman–Crippen LogP) is 0.760. The Morgan fingerprint density at radius 1 is 1.18 bits per heavy atom. The third-order valence-corrected chi connectivity index (χ3v) is 6.69. The number of aliphatic carboxylic acids is 2. The van der Waals surface area contributed by atoms with Gasteiger partial charge in [0.05, 0.1) is 12.7 Å². The number of carbonyl (C=O) groups is 3. The number of rotatable bonds is 14. The molecule has 1 fully saturated rings. The van der Waals surface area contributed by atoms with Crippen molar-refractivity contribution >= 4 is 46.6 Å². The molecule has 0 radical (unpaired) electrons. The highest BCUT2D eigenvalue weighted by Crippen LogP contribution is 2.34. The van der Waals surface area contributed by atoms with Crippen molar-refractivity contribution in [1.82, 2.24) is 24.8 Å². The molecule has 0 aromatic carbocycles. The summed E-state index contributed by atoms with van der Waals surface area (Å²) in [7, 11) is 0. The van der Waals surface area contributed by atoms with E-state index in [1.54, 1.807) is 0 Å². The Morgan fingerprint density at radius 2 is 1.95 bits per heavy atom. The van der Waals surface area contributed by atoms with E-state index in [1.807, 2.05) is 6.92 Å². The van der Waals surface area contributed by atoms with Crippen LogP contribution in [0.25, 0.3) is 11.2 Å². The Hall–Kier alpha value is -3.27. The lowest BCUT2D eigenvalue weighted by Crippen LogP contribution is -2.41. The normalized spacial score (nSPS) is 22.1. The summed E-state index contributed by atoms with van der Waals surface area (Å²) in [5, 5.41) is 45.0. The topological polar surface area (TPSA) is 209 Å². The van der Waals surface area contributed by atoms with Crippen LogP contribution in [-0.4, -0.2) is 94.4 Å². The number of amides is 1. The van der Waals surface area contributed by atoms with Gasteiger partial charge in [-0.3, -0.25) is 14.2 Å². The maximum atomic E-state index is 12.1. The zero-order chi connectivity index (χ0) is 27.8. The number of nitrogens with zero attached hydrogens (tertiary/aromatic N) is 4. The molecule has 1 amide bonds. The van der Waals surface area contributed by atoms with E-state index in [-0.39, 0.29) is 0 Å². The number of aromatic nitrogens is 4. The smallest absolute Gasteiger partial charge is 0.326 e.